The van der Waals surface area contributed by atoms with E-state index in [4.69, 9.17) is 0 Å². The van der Waals surface area contributed by atoms with E-state index >= 15 is 0 Å². The van der Waals surface area contributed by atoms with E-state index in [9.17, 15) is 0 Å². The zero-order chi connectivity index (χ0) is 25.1. The van der Waals surface area contributed by atoms with Gasteiger partial charge in [0.2, 0.25) is 5.52 Å². The van der Waals surface area contributed by atoms with E-state index in [1.165, 1.54) is 76.6 Å². The molecule has 0 aliphatic heterocycles. The normalized spacial score (nSPS) is 12.9. The van der Waals surface area contributed by atoms with E-state index in [-0.39, 0.29) is 5.41 Å². The van der Waals surface area contributed by atoms with Crippen LogP contribution in [0.15, 0.2) is 66.9 Å². The van der Waals surface area contributed by atoms with Gasteiger partial charge in [-0.2, -0.15) is 0 Å². The maximum Gasteiger partial charge on any atom is 0.224 e. The molecule has 0 bridgehead atoms. The summed E-state index contributed by atoms with van der Waals surface area (Å²) < 4.78 is 4.92. The SMILES string of the molecule is Cc1c2ccccc2c(N(C)C)c2c1c1c3c(cc[n+]1C)cc(C(C)(C)C)c1c4ccccc4n2c13. The Hall–Kier alpha value is -3.85. The van der Waals surface area contributed by atoms with Crippen molar-refractivity contribution in [2.45, 2.75) is 33.1 Å². The zero-order valence-corrected chi connectivity index (χ0v) is 22.2. The van der Waals surface area contributed by atoms with Crippen LogP contribution in [0.2, 0.25) is 0 Å². The average Bonchev–Trinajstić information content (AvgIpc) is 3.19. The molecule has 0 aliphatic rings. The van der Waals surface area contributed by atoms with E-state index in [0.29, 0.717) is 0 Å². The molecule has 0 atom stereocenters. The second kappa shape index (κ2) is 6.88. The summed E-state index contributed by atoms with van der Waals surface area (Å²) in [7, 11) is 6.56. The first-order valence-electron chi connectivity index (χ1n) is 12.8. The van der Waals surface area contributed by atoms with Gasteiger partial charge in [0.1, 0.15) is 7.05 Å². The maximum atomic E-state index is 2.58. The van der Waals surface area contributed by atoms with Crippen LogP contribution >= 0.6 is 0 Å². The van der Waals surface area contributed by atoms with Crippen molar-refractivity contribution in [3.8, 4) is 0 Å². The van der Waals surface area contributed by atoms with Crippen molar-refractivity contribution in [2.75, 3.05) is 19.0 Å². The molecular weight excluding hydrogens is 438 g/mol. The molecule has 0 aliphatic carbocycles. The summed E-state index contributed by atoms with van der Waals surface area (Å²) in [5.41, 5.74) is 9.27. The molecule has 36 heavy (non-hydrogen) atoms. The highest BCUT2D eigenvalue weighted by Crippen LogP contribution is 2.48. The summed E-state index contributed by atoms with van der Waals surface area (Å²) in [6.45, 7) is 9.32. The Balaban J connectivity index is 2.00. The molecule has 3 nitrogen and oxygen atoms in total. The Kier molecular flexibility index (Phi) is 4.10. The van der Waals surface area contributed by atoms with Crippen LogP contribution in [0.25, 0.3) is 59.8 Å². The van der Waals surface area contributed by atoms with Crippen molar-refractivity contribution in [3.63, 3.8) is 0 Å². The number of hydrogen-bond donors (Lipinski definition) is 0. The van der Waals surface area contributed by atoms with Gasteiger partial charge in [-0.15, -0.1) is 0 Å². The summed E-state index contributed by atoms with van der Waals surface area (Å²) in [6, 6.07) is 22.6. The minimum absolute atomic E-state index is 0.0191. The summed E-state index contributed by atoms with van der Waals surface area (Å²) >= 11 is 0. The van der Waals surface area contributed by atoms with E-state index in [0.717, 1.165) is 0 Å². The molecule has 0 saturated carbocycles. The molecule has 0 fully saturated rings. The van der Waals surface area contributed by atoms with Crippen LogP contribution in [0.1, 0.15) is 31.9 Å². The quantitative estimate of drug-likeness (QED) is 0.136. The fraction of sp³-hybridized carbons (Fsp3) is 0.242. The van der Waals surface area contributed by atoms with Crippen molar-refractivity contribution < 1.29 is 4.57 Å². The van der Waals surface area contributed by atoms with Gasteiger partial charge in [-0.05, 0) is 46.4 Å². The highest BCUT2D eigenvalue weighted by molar-refractivity contribution is 6.31. The third-order valence-corrected chi connectivity index (χ3v) is 8.17. The van der Waals surface area contributed by atoms with E-state index in [1.807, 2.05) is 0 Å². The number of hydrogen-bond acceptors (Lipinski definition) is 1. The number of anilines is 1. The number of aryl methyl sites for hydroxylation is 2. The topological polar surface area (TPSA) is 11.5 Å². The Labute approximate surface area is 211 Å². The second-order valence-corrected chi connectivity index (χ2v) is 11.6. The van der Waals surface area contributed by atoms with Gasteiger partial charge in [0.25, 0.3) is 0 Å². The summed E-state index contributed by atoms with van der Waals surface area (Å²) in [5, 5.41) is 9.35. The lowest BCUT2D eigenvalue weighted by Crippen LogP contribution is -2.29. The molecule has 3 heterocycles. The Morgan fingerprint density at radius 1 is 0.778 bits per heavy atom. The highest BCUT2D eigenvalue weighted by atomic mass is 15.1. The van der Waals surface area contributed by atoms with Crippen molar-refractivity contribution in [2.24, 2.45) is 7.05 Å². The van der Waals surface area contributed by atoms with Crippen LogP contribution in [0.4, 0.5) is 5.69 Å². The number of pyridine rings is 2. The van der Waals surface area contributed by atoms with Crippen LogP contribution < -0.4 is 9.47 Å². The van der Waals surface area contributed by atoms with Crippen LogP contribution in [0.3, 0.4) is 0 Å². The van der Waals surface area contributed by atoms with Crippen molar-refractivity contribution >= 4 is 65.5 Å². The van der Waals surface area contributed by atoms with Gasteiger partial charge in [0, 0.05) is 36.3 Å². The van der Waals surface area contributed by atoms with Crippen LogP contribution in [-0.2, 0) is 12.5 Å². The molecule has 4 aromatic carbocycles. The number of aromatic nitrogens is 2. The van der Waals surface area contributed by atoms with E-state index in [1.54, 1.807) is 0 Å². The van der Waals surface area contributed by atoms with Gasteiger partial charge in [-0.25, -0.2) is 4.57 Å². The molecule has 0 amide bonds. The molecular formula is C33H32N3+. The van der Waals surface area contributed by atoms with Gasteiger partial charge in [0.05, 0.1) is 33.0 Å². The largest absolute Gasteiger partial charge is 0.375 e. The predicted octanol–water partition coefficient (Wildman–Crippen LogP) is 7.64. The number of para-hydroxylation sites is 1. The van der Waals surface area contributed by atoms with Gasteiger partial charge in [0.15, 0.2) is 6.20 Å². The second-order valence-electron chi connectivity index (χ2n) is 11.6. The first-order chi connectivity index (χ1) is 17.2. The molecule has 3 aromatic heterocycles. The molecule has 7 aromatic rings. The molecule has 0 radical (unpaired) electrons. The standard InChI is InChI=1S/C33H32N3/c1-19-21-12-8-9-13-22(21)29(34(5)6)32-26(19)30-27-20(16-17-35(30)7)18-24(33(2,3)4)28-23-14-10-11-15-25(23)36(32)31(27)28/h8-18H,1-7H3/q+1. The van der Waals surface area contributed by atoms with Crippen LogP contribution in [0, 0.1) is 6.92 Å². The molecule has 3 heteroatoms. The Morgan fingerprint density at radius 2 is 1.44 bits per heavy atom. The van der Waals surface area contributed by atoms with Gasteiger partial charge in [-0.1, -0.05) is 63.2 Å². The van der Waals surface area contributed by atoms with Crippen LogP contribution in [-0.4, -0.2) is 18.5 Å². The maximum absolute atomic E-state index is 2.58. The Bertz CT molecular complexity index is 2020. The molecule has 178 valence electrons. The number of benzene rings is 4. The monoisotopic (exact) mass is 470 g/mol. The number of nitrogens with zero attached hydrogens (tertiary/aromatic N) is 3. The van der Waals surface area contributed by atoms with Crippen LogP contribution in [0.5, 0.6) is 0 Å². The number of fused-ring (bicyclic) bond motifs is 7. The van der Waals surface area contributed by atoms with Gasteiger partial charge in [-0.3, -0.25) is 0 Å². The Morgan fingerprint density at radius 3 is 2.14 bits per heavy atom. The average molecular weight is 471 g/mol. The third-order valence-electron chi connectivity index (χ3n) is 8.17. The summed E-state index contributed by atoms with van der Waals surface area (Å²) in [5.74, 6) is 0. The third kappa shape index (κ3) is 2.50. The lowest BCUT2D eigenvalue weighted by molar-refractivity contribution is -0.643. The fourth-order valence-electron chi connectivity index (χ4n) is 6.67. The van der Waals surface area contributed by atoms with Crippen molar-refractivity contribution in [1.82, 2.24) is 4.40 Å². The molecule has 0 saturated heterocycles. The first-order valence-corrected chi connectivity index (χ1v) is 12.8. The summed E-state index contributed by atoms with van der Waals surface area (Å²) in [4.78, 5) is 2.31. The fourth-order valence-corrected chi connectivity index (χ4v) is 6.67. The highest BCUT2D eigenvalue weighted by Gasteiger charge is 2.30. The van der Waals surface area contributed by atoms with E-state index < -0.39 is 0 Å². The molecule has 7 rings (SSSR count). The van der Waals surface area contributed by atoms with Crippen molar-refractivity contribution in [3.05, 3.63) is 78.0 Å². The van der Waals surface area contributed by atoms with Gasteiger partial charge < -0.3 is 9.30 Å². The predicted molar refractivity (Wildman–Crippen MR) is 155 cm³/mol. The first kappa shape index (κ1) is 21.4. The minimum atomic E-state index is 0.0191. The van der Waals surface area contributed by atoms with E-state index in [2.05, 4.69) is 130 Å². The smallest absolute Gasteiger partial charge is 0.224 e. The van der Waals surface area contributed by atoms with Crippen molar-refractivity contribution in [1.29, 1.82) is 0 Å². The molecule has 0 N–H and O–H groups in total. The van der Waals surface area contributed by atoms with Gasteiger partial charge >= 0.3 is 0 Å². The lowest BCUT2D eigenvalue weighted by Gasteiger charge is -2.25. The zero-order valence-electron chi connectivity index (χ0n) is 22.2. The number of rotatable bonds is 1. The molecule has 0 spiro atoms. The lowest BCUT2D eigenvalue weighted by atomic mass is 9.82. The minimum Gasteiger partial charge on any atom is -0.375 e. The summed E-state index contributed by atoms with van der Waals surface area (Å²) in [6.07, 6.45) is 2.24. The molecule has 0 unspecified atom stereocenters.